The molecule has 0 aliphatic heterocycles. The number of anilines is 1. The number of hydrogen-bond donors (Lipinski definition) is 1. The van der Waals surface area contributed by atoms with Gasteiger partial charge in [0.15, 0.2) is 0 Å². The summed E-state index contributed by atoms with van der Waals surface area (Å²) >= 11 is 6.04. The van der Waals surface area contributed by atoms with Crippen LogP contribution in [0.25, 0.3) is 11.3 Å². The fraction of sp³-hybridized carbons (Fsp3) is 0. The Balaban J connectivity index is 1.78. The Labute approximate surface area is 133 Å². The highest BCUT2D eigenvalue weighted by Crippen LogP contribution is 2.22. The maximum absolute atomic E-state index is 12.2. The second kappa shape index (κ2) is 6.41. The number of carbonyl (C=O) groups is 1. The van der Waals surface area contributed by atoms with E-state index in [1.807, 2.05) is 42.5 Å². The molecule has 4 heteroatoms. The number of nitrogens with one attached hydrogen (secondary N) is 1. The van der Waals surface area contributed by atoms with E-state index >= 15 is 0 Å². The lowest BCUT2D eigenvalue weighted by Crippen LogP contribution is -2.11. The lowest BCUT2D eigenvalue weighted by atomic mass is 10.1. The molecule has 0 spiro atoms. The van der Waals surface area contributed by atoms with Gasteiger partial charge in [-0.15, -0.1) is 0 Å². The minimum atomic E-state index is -0.194. The van der Waals surface area contributed by atoms with Gasteiger partial charge < -0.3 is 5.32 Å². The normalized spacial score (nSPS) is 10.2. The molecule has 0 atom stereocenters. The average Bonchev–Trinajstić information content (AvgIpc) is 2.58. The summed E-state index contributed by atoms with van der Waals surface area (Å²) in [5, 5.41) is 3.31. The molecule has 0 fully saturated rings. The van der Waals surface area contributed by atoms with Gasteiger partial charge in [0.2, 0.25) is 0 Å². The van der Waals surface area contributed by atoms with Crippen molar-refractivity contribution in [2.45, 2.75) is 0 Å². The van der Waals surface area contributed by atoms with Crippen molar-refractivity contribution >= 4 is 23.2 Å². The zero-order valence-corrected chi connectivity index (χ0v) is 12.4. The van der Waals surface area contributed by atoms with Crippen LogP contribution < -0.4 is 5.32 Å². The average molecular weight is 309 g/mol. The van der Waals surface area contributed by atoms with Gasteiger partial charge in [-0.3, -0.25) is 9.78 Å². The Morgan fingerprint density at radius 3 is 2.32 bits per heavy atom. The van der Waals surface area contributed by atoms with E-state index in [4.69, 9.17) is 11.6 Å². The van der Waals surface area contributed by atoms with Crippen molar-refractivity contribution in [2.75, 3.05) is 5.32 Å². The minimum Gasteiger partial charge on any atom is -0.321 e. The zero-order valence-electron chi connectivity index (χ0n) is 11.7. The van der Waals surface area contributed by atoms with E-state index in [9.17, 15) is 4.79 Å². The molecular formula is C18H13ClN2O. The Kier molecular flexibility index (Phi) is 4.17. The van der Waals surface area contributed by atoms with Crippen LogP contribution in [0.15, 0.2) is 72.9 Å². The fourth-order valence-corrected chi connectivity index (χ4v) is 2.27. The molecule has 0 bridgehead atoms. The summed E-state index contributed by atoms with van der Waals surface area (Å²) in [7, 11) is 0. The van der Waals surface area contributed by atoms with Crippen LogP contribution in [0.3, 0.4) is 0 Å². The van der Waals surface area contributed by atoms with Crippen molar-refractivity contribution in [1.29, 1.82) is 0 Å². The Morgan fingerprint density at radius 2 is 1.64 bits per heavy atom. The number of amides is 1. The van der Waals surface area contributed by atoms with Crippen LogP contribution in [0.5, 0.6) is 0 Å². The molecule has 0 saturated carbocycles. The summed E-state index contributed by atoms with van der Waals surface area (Å²) < 4.78 is 0. The van der Waals surface area contributed by atoms with E-state index in [1.54, 1.807) is 30.5 Å². The van der Waals surface area contributed by atoms with Gasteiger partial charge in [-0.05, 0) is 36.4 Å². The number of pyridine rings is 1. The molecule has 0 unspecified atom stereocenters. The van der Waals surface area contributed by atoms with Crippen LogP contribution in [0.1, 0.15) is 10.4 Å². The van der Waals surface area contributed by atoms with Gasteiger partial charge in [0.25, 0.3) is 5.91 Å². The molecule has 1 heterocycles. The van der Waals surface area contributed by atoms with Crippen LogP contribution in [-0.4, -0.2) is 10.9 Å². The minimum absolute atomic E-state index is 0.194. The highest BCUT2D eigenvalue weighted by molar-refractivity contribution is 6.33. The SMILES string of the molecule is O=C(Nc1ccccc1Cl)c1ccc(-c2ccccn2)cc1. The third kappa shape index (κ3) is 3.15. The molecule has 2 aromatic carbocycles. The lowest BCUT2D eigenvalue weighted by Gasteiger charge is -2.07. The molecule has 0 radical (unpaired) electrons. The van der Waals surface area contributed by atoms with E-state index in [0.29, 0.717) is 16.3 Å². The predicted octanol–water partition coefficient (Wildman–Crippen LogP) is 4.65. The van der Waals surface area contributed by atoms with Crippen LogP contribution in [-0.2, 0) is 0 Å². The summed E-state index contributed by atoms with van der Waals surface area (Å²) in [6, 6.07) is 20.2. The third-order valence-corrected chi connectivity index (χ3v) is 3.56. The second-order valence-electron chi connectivity index (χ2n) is 4.73. The van der Waals surface area contributed by atoms with Gasteiger partial charge in [-0.2, -0.15) is 0 Å². The largest absolute Gasteiger partial charge is 0.321 e. The molecule has 0 aliphatic rings. The van der Waals surface area contributed by atoms with Gasteiger partial charge in [0.1, 0.15) is 0 Å². The maximum atomic E-state index is 12.2. The number of halogens is 1. The molecule has 0 saturated heterocycles. The number of carbonyl (C=O) groups excluding carboxylic acids is 1. The van der Waals surface area contributed by atoms with Gasteiger partial charge >= 0.3 is 0 Å². The number of aromatic nitrogens is 1. The van der Waals surface area contributed by atoms with E-state index in [-0.39, 0.29) is 5.91 Å². The number of hydrogen-bond acceptors (Lipinski definition) is 2. The fourth-order valence-electron chi connectivity index (χ4n) is 2.08. The van der Waals surface area contributed by atoms with Crippen LogP contribution in [0, 0.1) is 0 Å². The molecule has 3 aromatic rings. The summed E-state index contributed by atoms with van der Waals surface area (Å²) in [5.41, 5.74) is 3.01. The first kappa shape index (κ1) is 14.3. The monoisotopic (exact) mass is 308 g/mol. The molecule has 3 rings (SSSR count). The van der Waals surface area contributed by atoms with Crippen molar-refractivity contribution in [3.05, 3.63) is 83.5 Å². The standard InChI is InChI=1S/C18H13ClN2O/c19-15-5-1-2-7-17(15)21-18(22)14-10-8-13(9-11-14)16-6-3-4-12-20-16/h1-12H,(H,21,22). The molecule has 1 amide bonds. The summed E-state index contributed by atoms with van der Waals surface area (Å²) in [5.74, 6) is -0.194. The van der Waals surface area contributed by atoms with Crippen molar-refractivity contribution in [1.82, 2.24) is 4.98 Å². The molecule has 1 aromatic heterocycles. The van der Waals surface area contributed by atoms with E-state index in [2.05, 4.69) is 10.3 Å². The summed E-state index contributed by atoms with van der Waals surface area (Å²) in [6.45, 7) is 0. The maximum Gasteiger partial charge on any atom is 0.255 e. The quantitative estimate of drug-likeness (QED) is 0.765. The van der Waals surface area contributed by atoms with Gasteiger partial charge in [0.05, 0.1) is 16.4 Å². The van der Waals surface area contributed by atoms with Crippen molar-refractivity contribution in [3.63, 3.8) is 0 Å². The van der Waals surface area contributed by atoms with Crippen LogP contribution >= 0.6 is 11.6 Å². The molecule has 22 heavy (non-hydrogen) atoms. The van der Waals surface area contributed by atoms with Crippen molar-refractivity contribution in [3.8, 4) is 11.3 Å². The lowest BCUT2D eigenvalue weighted by molar-refractivity contribution is 0.102. The topological polar surface area (TPSA) is 42.0 Å². The third-order valence-electron chi connectivity index (χ3n) is 3.23. The van der Waals surface area contributed by atoms with Gasteiger partial charge in [-0.25, -0.2) is 0 Å². The first-order valence-corrected chi connectivity index (χ1v) is 7.19. The first-order valence-electron chi connectivity index (χ1n) is 6.81. The number of rotatable bonds is 3. The molecular weight excluding hydrogens is 296 g/mol. The number of nitrogens with zero attached hydrogens (tertiary/aromatic N) is 1. The van der Waals surface area contributed by atoms with E-state index in [0.717, 1.165) is 11.3 Å². The molecule has 108 valence electrons. The second-order valence-corrected chi connectivity index (χ2v) is 5.13. The van der Waals surface area contributed by atoms with Gasteiger partial charge in [-0.1, -0.05) is 41.9 Å². The Morgan fingerprint density at radius 1 is 0.909 bits per heavy atom. The van der Waals surface area contributed by atoms with Gasteiger partial charge in [0, 0.05) is 17.3 Å². The smallest absolute Gasteiger partial charge is 0.255 e. The summed E-state index contributed by atoms with van der Waals surface area (Å²) in [6.07, 6.45) is 1.74. The number of benzene rings is 2. The summed E-state index contributed by atoms with van der Waals surface area (Å²) in [4.78, 5) is 16.5. The van der Waals surface area contributed by atoms with Crippen LogP contribution in [0.4, 0.5) is 5.69 Å². The van der Waals surface area contributed by atoms with Crippen LogP contribution in [0.2, 0.25) is 5.02 Å². The van der Waals surface area contributed by atoms with E-state index < -0.39 is 0 Å². The molecule has 0 aliphatic carbocycles. The highest BCUT2D eigenvalue weighted by atomic mass is 35.5. The van der Waals surface area contributed by atoms with Crippen molar-refractivity contribution < 1.29 is 4.79 Å². The Hall–Kier alpha value is -2.65. The zero-order chi connectivity index (χ0) is 15.4. The van der Waals surface area contributed by atoms with Crippen molar-refractivity contribution in [2.24, 2.45) is 0 Å². The predicted molar refractivity (Wildman–Crippen MR) is 89.1 cm³/mol. The number of para-hydroxylation sites is 1. The molecule has 1 N–H and O–H groups in total. The molecule has 3 nitrogen and oxygen atoms in total. The highest BCUT2D eigenvalue weighted by Gasteiger charge is 2.08. The Bertz CT molecular complexity index is 786. The first-order chi connectivity index (χ1) is 10.7. The van der Waals surface area contributed by atoms with E-state index in [1.165, 1.54) is 0 Å².